The van der Waals surface area contributed by atoms with Crippen molar-refractivity contribution in [1.29, 1.82) is 0 Å². The monoisotopic (exact) mass is 412 g/mol. The van der Waals surface area contributed by atoms with Crippen molar-refractivity contribution in [3.8, 4) is 0 Å². The van der Waals surface area contributed by atoms with Gasteiger partial charge in [0, 0.05) is 16.6 Å². The van der Waals surface area contributed by atoms with Crippen LogP contribution in [0.1, 0.15) is 86.4 Å². The van der Waals surface area contributed by atoms with Crippen molar-refractivity contribution in [2.75, 3.05) is 6.54 Å². The molecule has 2 atom stereocenters. The lowest BCUT2D eigenvalue weighted by atomic mass is 9.64. The number of hydrogen-bond donors (Lipinski definition) is 1. The summed E-state index contributed by atoms with van der Waals surface area (Å²) in [5, 5.41) is 10.5. The minimum Gasteiger partial charge on any atom is -0.386 e. The molecule has 0 saturated carbocycles. The maximum absolute atomic E-state index is 15.1. The average molecular weight is 413 g/mol. The van der Waals surface area contributed by atoms with Crippen LogP contribution in [-0.2, 0) is 12.0 Å². The Morgan fingerprint density at radius 3 is 2.25 bits per heavy atom. The van der Waals surface area contributed by atoms with E-state index in [0.29, 0.717) is 18.0 Å². The number of hydrogen-bond acceptors (Lipinski definition) is 3. The summed E-state index contributed by atoms with van der Waals surface area (Å²) in [6.45, 7) is 20.1. The molecule has 5 heteroatoms. The molecule has 160 valence electrons. The topological polar surface area (TPSA) is 36.4 Å². The second-order valence-electron chi connectivity index (χ2n) is 11.2. The number of pyridine rings is 1. The third-order valence-electron chi connectivity index (χ3n) is 6.60. The van der Waals surface area contributed by atoms with Gasteiger partial charge in [0.2, 0.25) is 0 Å². The molecule has 2 rings (SSSR count). The van der Waals surface area contributed by atoms with Gasteiger partial charge in [0.25, 0.3) is 0 Å². The zero-order valence-corrected chi connectivity index (χ0v) is 19.8. The van der Waals surface area contributed by atoms with Crippen LogP contribution in [0.3, 0.4) is 0 Å². The van der Waals surface area contributed by atoms with E-state index in [1.807, 2.05) is 0 Å². The van der Waals surface area contributed by atoms with E-state index in [1.54, 1.807) is 13.8 Å². The first kappa shape index (κ1) is 23.6. The Kier molecular flexibility index (Phi) is 6.33. The lowest BCUT2D eigenvalue weighted by molar-refractivity contribution is -0.0928. The van der Waals surface area contributed by atoms with Gasteiger partial charge in [-0.2, -0.15) is 0 Å². The SMILES string of the molecule is CC(C)(O)c1cc(Cl)nc(C[C@@H]2CCN(C(C)(C)C)[C@@](C)(C(C)(C)C)C2)c1F. The normalized spacial score (nSPS) is 25.2. The van der Waals surface area contributed by atoms with E-state index in [9.17, 15) is 5.11 Å². The number of rotatable bonds is 3. The fraction of sp³-hybridized carbons (Fsp3) is 0.783. The Morgan fingerprint density at radius 1 is 1.21 bits per heavy atom. The van der Waals surface area contributed by atoms with Crippen LogP contribution >= 0.6 is 11.6 Å². The first-order valence-electron chi connectivity index (χ1n) is 10.3. The van der Waals surface area contributed by atoms with E-state index in [4.69, 9.17) is 11.6 Å². The molecule has 1 aromatic heterocycles. The van der Waals surface area contributed by atoms with Crippen molar-refractivity contribution >= 4 is 11.6 Å². The third kappa shape index (κ3) is 4.71. The van der Waals surface area contributed by atoms with Gasteiger partial charge in [-0.15, -0.1) is 0 Å². The van der Waals surface area contributed by atoms with Gasteiger partial charge in [0.15, 0.2) is 5.82 Å². The van der Waals surface area contributed by atoms with Crippen LogP contribution < -0.4 is 0 Å². The molecule has 3 nitrogen and oxygen atoms in total. The Morgan fingerprint density at radius 2 is 1.79 bits per heavy atom. The molecule has 1 saturated heterocycles. The number of aromatic nitrogens is 1. The molecule has 1 N–H and O–H groups in total. The molecular formula is C23H38ClFN2O. The third-order valence-corrected chi connectivity index (χ3v) is 6.80. The Hall–Kier alpha value is -0.710. The van der Waals surface area contributed by atoms with E-state index in [1.165, 1.54) is 6.07 Å². The molecule has 0 bridgehead atoms. The first-order chi connectivity index (χ1) is 12.5. The average Bonchev–Trinajstić information content (AvgIpc) is 2.47. The summed E-state index contributed by atoms with van der Waals surface area (Å²) in [6, 6.07) is 1.43. The summed E-state index contributed by atoms with van der Waals surface area (Å²) >= 11 is 6.16. The van der Waals surface area contributed by atoms with Gasteiger partial charge in [-0.1, -0.05) is 32.4 Å². The van der Waals surface area contributed by atoms with Gasteiger partial charge in [-0.25, -0.2) is 9.37 Å². The number of nitrogens with zero attached hydrogens (tertiary/aromatic N) is 2. The molecule has 1 aliphatic rings. The molecule has 0 aromatic carbocycles. The van der Waals surface area contributed by atoms with Crippen LogP contribution in [-0.4, -0.2) is 32.6 Å². The first-order valence-corrected chi connectivity index (χ1v) is 10.7. The molecule has 0 amide bonds. The van der Waals surface area contributed by atoms with E-state index in [2.05, 4.69) is 58.4 Å². The predicted molar refractivity (Wildman–Crippen MR) is 115 cm³/mol. The van der Waals surface area contributed by atoms with E-state index < -0.39 is 11.4 Å². The number of halogens is 2. The van der Waals surface area contributed by atoms with Crippen LogP contribution in [0.5, 0.6) is 0 Å². The smallest absolute Gasteiger partial charge is 0.150 e. The number of likely N-dealkylation sites (tertiary alicyclic amines) is 1. The maximum Gasteiger partial charge on any atom is 0.150 e. The molecule has 0 unspecified atom stereocenters. The summed E-state index contributed by atoms with van der Waals surface area (Å²) < 4.78 is 15.1. The summed E-state index contributed by atoms with van der Waals surface area (Å²) in [7, 11) is 0. The van der Waals surface area contributed by atoms with Gasteiger partial charge in [0.05, 0.1) is 11.3 Å². The van der Waals surface area contributed by atoms with Crippen LogP contribution in [0.4, 0.5) is 4.39 Å². The summed E-state index contributed by atoms with van der Waals surface area (Å²) in [6.07, 6.45) is 2.51. The molecule has 28 heavy (non-hydrogen) atoms. The van der Waals surface area contributed by atoms with E-state index in [-0.39, 0.29) is 27.2 Å². The van der Waals surface area contributed by atoms with Crippen LogP contribution in [0, 0.1) is 17.2 Å². The largest absolute Gasteiger partial charge is 0.386 e. The Balaban J connectivity index is 2.36. The van der Waals surface area contributed by atoms with E-state index >= 15 is 4.39 Å². The highest BCUT2D eigenvalue weighted by Crippen LogP contribution is 2.47. The molecule has 2 heterocycles. The highest BCUT2D eigenvalue weighted by Gasteiger charge is 2.49. The fourth-order valence-electron chi connectivity index (χ4n) is 4.70. The highest BCUT2D eigenvalue weighted by atomic mass is 35.5. The van der Waals surface area contributed by atoms with Gasteiger partial charge < -0.3 is 5.11 Å². The van der Waals surface area contributed by atoms with Crippen LogP contribution in [0.15, 0.2) is 6.07 Å². The van der Waals surface area contributed by atoms with Crippen molar-refractivity contribution in [3.05, 3.63) is 28.3 Å². The molecule has 1 aromatic rings. The summed E-state index contributed by atoms with van der Waals surface area (Å²) in [5.74, 6) is -0.106. The van der Waals surface area contributed by atoms with Gasteiger partial charge in [-0.05, 0) is 84.7 Å². The minimum atomic E-state index is -1.29. The molecule has 0 spiro atoms. The van der Waals surface area contributed by atoms with Crippen molar-refractivity contribution in [2.24, 2.45) is 11.3 Å². The molecule has 0 aliphatic carbocycles. The summed E-state index contributed by atoms with van der Waals surface area (Å²) in [4.78, 5) is 6.90. The van der Waals surface area contributed by atoms with Crippen LogP contribution in [0.25, 0.3) is 0 Å². The van der Waals surface area contributed by atoms with Gasteiger partial charge >= 0.3 is 0 Å². The second kappa shape index (κ2) is 7.52. The van der Waals surface area contributed by atoms with E-state index in [0.717, 1.165) is 19.4 Å². The second-order valence-corrected chi connectivity index (χ2v) is 11.6. The Labute approximate surface area is 175 Å². The molecule has 1 aliphatic heterocycles. The number of aliphatic hydroxyl groups is 1. The van der Waals surface area contributed by atoms with Gasteiger partial charge in [-0.3, -0.25) is 4.90 Å². The molecule has 0 radical (unpaired) electrons. The summed E-state index contributed by atoms with van der Waals surface area (Å²) in [5.41, 5.74) is -0.565. The zero-order valence-electron chi connectivity index (χ0n) is 19.1. The van der Waals surface area contributed by atoms with Crippen molar-refractivity contribution < 1.29 is 9.50 Å². The predicted octanol–water partition coefficient (Wildman–Crippen LogP) is 5.96. The number of piperidine rings is 1. The van der Waals surface area contributed by atoms with Crippen LogP contribution in [0.2, 0.25) is 5.15 Å². The Bertz CT molecular complexity index is 715. The fourth-order valence-corrected chi connectivity index (χ4v) is 4.91. The van der Waals surface area contributed by atoms with Crippen molar-refractivity contribution in [1.82, 2.24) is 9.88 Å². The quantitative estimate of drug-likeness (QED) is 0.622. The minimum absolute atomic E-state index is 0.0116. The van der Waals surface area contributed by atoms with Gasteiger partial charge in [0.1, 0.15) is 5.15 Å². The highest BCUT2D eigenvalue weighted by molar-refractivity contribution is 6.29. The zero-order chi connectivity index (χ0) is 21.7. The molecular weight excluding hydrogens is 375 g/mol. The molecule has 1 fully saturated rings. The standard InChI is InChI=1S/C23H38ClFN2O/c1-20(2,3)23(9)14-15(10-11-27(23)21(4,5)6)12-17-19(25)16(22(7,8)28)13-18(24)26-17/h13,15,28H,10-12,14H2,1-9H3/t15-,23+/m0/s1. The van der Waals surface area contributed by atoms with Crippen molar-refractivity contribution in [2.45, 2.75) is 98.3 Å². The lowest BCUT2D eigenvalue weighted by Crippen LogP contribution is -2.64. The maximum atomic E-state index is 15.1. The lowest BCUT2D eigenvalue weighted by Gasteiger charge is -2.59. The van der Waals surface area contributed by atoms with Crippen molar-refractivity contribution in [3.63, 3.8) is 0 Å².